The van der Waals surface area contributed by atoms with E-state index in [4.69, 9.17) is 9.47 Å². The van der Waals surface area contributed by atoms with Crippen molar-refractivity contribution in [3.63, 3.8) is 0 Å². The van der Waals surface area contributed by atoms with Gasteiger partial charge in [0.1, 0.15) is 11.5 Å². The number of carbonyl (C=O) groups is 3. The number of anilines is 1. The van der Waals surface area contributed by atoms with Crippen LogP contribution in [0.4, 0.5) is 5.69 Å². The molecule has 10 heteroatoms. The number of aryl methyl sites for hydroxylation is 1. The van der Waals surface area contributed by atoms with Crippen molar-refractivity contribution in [2.24, 2.45) is 0 Å². The minimum atomic E-state index is -0.526. The topological polar surface area (TPSA) is 106 Å². The van der Waals surface area contributed by atoms with Crippen LogP contribution in [-0.2, 0) is 14.4 Å². The first-order valence-corrected chi connectivity index (χ1v) is 11.1. The monoisotopic (exact) mass is 555 g/mol. The zero-order chi connectivity index (χ0) is 22.8. The molecule has 3 N–H and O–H groups in total. The summed E-state index contributed by atoms with van der Waals surface area (Å²) in [4.78, 5) is 35.7. The molecule has 0 bridgehead atoms. The zero-order valence-corrected chi connectivity index (χ0v) is 20.3. The van der Waals surface area contributed by atoms with E-state index >= 15 is 0 Å². The van der Waals surface area contributed by atoms with E-state index < -0.39 is 11.8 Å². The number of halogens is 2. The maximum atomic E-state index is 12.0. The van der Waals surface area contributed by atoms with Gasteiger partial charge in [-0.3, -0.25) is 25.2 Å². The molecule has 166 valence electrons. The van der Waals surface area contributed by atoms with Crippen molar-refractivity contribution < 1.29 is 23.9 Å². The molecule has 0 atom stereocenters. The van der Waals surface area contributed by atoms with Gasteiger partial charge < -0.3 is 14.8 Å². The lowest BCUT2D eigenvalue weighted by atomic mass is 10.2. The van der Waals surface area contributed by atoms with Gasteiger partial charge in [-0.1, -0.05) is 15.9 Å². The summed E-state index contributed by atoms with van der Waals surface area (Å²) in [7, 11) is 0. The predicted molar refractivity (Wildman–Crippen MR) is 124 cm³/mol. The maximum absolute atomic E-state index is 12.0. The zero-order valence-electron chi connectivity index (χ0n) is 17.1. The lowest BCUT2D eigenvalue weighted by Gasteiger charge is -2.12. The quantitative estimate of drug-likeness (QED) is 0.407. The molecule has 2 rings (SSSR count). The number of hydrogen-bond donors (Lipinski definition) is 3. The Bertz CT molecular complexity index is 912. The third-order valence-corrected chi connectivity index (χ3v) is 4.96. The molecule has 0 aromatic heterocycles. The lowest BCUT2D eigenvalue weighted by Crippen LogP contribution is -2.44. The van der Waals surface area contributed by atoms with E-state index in [0.29, 0.717) is 28.3 Å². The lowest BCUT2D eigenvalue weighted by molar-refractivity contribution is -0.130. The van der Waals surface area contributed by atoms with Gasteiger partial charge in [-0.05, 0) is 71.7 Å². The highest BCUT2D eigenvalue weighted by molar-refractivity contribution is 9.11. The average Bonchev–Trinajstić information content (AvgIpc) is 2.71. The normalized spacial score (nSPS) is 10.2. The van der Waals surface area contributed by atoms with E-state index in [2.05, 4.69) is 48.0 Å². The summed E-state index contributed by atoms with van der Waals surface area (Å²) < 4.78 is 12.4. The highest BCUT2D eigenvalue weighted by atomic mass is 79.9. The van der Waals surface area contributed by atoms with Gasteiger partial charge in [0.2, 0.25) is 11.8 Å². The summed E-state index contributed by atoms with van der Waals surface area (Å²) in [6, 6.07) is 10.6. The highest BCUT2D eigenvalue weighted by Crippen LogP contribution is 2.32. The standard InChI is InChI=1S/C21H23Br2N3O5/c1-3-30-16-6-4-15(5-7-16)24-18(27)8-9-19(28)25-26-20(29)12-31-21-13(2)10-14(22)11-17(21)23/h4-7,10-11H,3,8-9,12H2,1-2H3,(H,24,27)(H,25,28)(H,26,29). The number of ether oxygens (including phenoxy) is 2. The Morgan fingerprint density at radius 2 is 1.55 bits per heavy atom. The van der Waals surface area contributed by atoms with E-state index in [1.54, 1.807) is 30.3 Å². The van der Waals surface area contributed by atoms with Crippen LogP contribution in [0.25, 0.3) is 0 Å². The van der Waals surface area contributed by atoms with Crippen molar-refractivity contribution in [1.29, 1.82) is 0 Å². The van der Waals surface area contributed by atoms with Crippen molar-refractivity contribution in [1.82, 2.24) is 10.9 Å². The third kappa shape index (κ3) is 8.58. The Morgan fingerprint density at radius 1 is 0.903 bits per heavy atom. The summed E-state index contributed by atoms with van der Waals surface area (Å²) >= 11 is 6.75. The maximum Gasteiger partial charge on any atom is 0.276 e. The van der Waals surface area contributed by atoms with Gasteiger partial charge in [0.15, 0.2) is 6.61 Å². The van der Waals surface area contributed by atoms with E-state index in [1.165, 1.54) is 0 Å². The fraction of sp³-hybridized carbons (Fsp3) is 0.286. The molecule has 0 aliphatic heterocycles. The van der Waals surface area contributed by atoms with Crippen LogP contribution in [0.5, 0.6) is 11.5 Å². The minimum absolute atomic E-state index is 0.0313. The van der Waals surface area contributed by atoms with E-state index in [9.17, 15) is 14.4 Å². The van der Waals surface area contributed by atoms with Crippen LogP contribution in [0.2, 0.25) is 0 Å². The van der Waals surface area contributed by atoms with Crippen LogP contribution in [-0.4, -0.2) is 30.9 Å². The Hall–Kier alpha value is -2.59. The summed E-state index contributed by atoms with van der Waals surface area (Å²) in [6.07, 6.45) is -0.113. The van der Waals surface area contributed by atoms with Crippen molar-refractivity contribution in [3.8, 4) is 11.5 Å². The first-order valence-electron chi connectivity index (χ1n) is 9.47. The first-order chi connectivity index (χ1) is 14.8. The first kappa shape index (κ1) is 24.7. The summed E-state index contributed by atoms with van der Waals surface area (Å²) in [5.74, 6) is -0.0833. The molecular formula is C21H23Br2N3O5. The van der Waals surface area contributed by atoms with Crippen molar-refractivity contribution in [2.75, 3.05) is 18.5 Å². The SMILES string of the molecule is CCOc1ccc(NC(=O)CCC(=O)NNC(=O)COc2c(C)cc(Br)cc2Br)cc1. The van der Waals surface area contributed by atoms with Crippen molar-refractivity contribution in [3.05, 3.63) is 50.9 Å². The highest BCUT2D eigenvalue weighted by Gasteiger charge is 2.12. The fourth-order valence-corrected chi connectivity index (χ4v) is 4.05. The third-order valence-electron chi connectivity index (χ3n) is 3.91. The fourth-order valence-electron chi connectivity index (χ4n) is 2.50. The molecule has 0 radical (unpaired) electrons. The Morgan fingerprint density at radius 3 is 2.19 bits per heavy atom. The second kappa shape index (κ2) is 12.3. The molecule has 0 aliphatic rings. The molecule has 0 saturated carbocycles. The van der Waals surface area contributed by atoms with Gasteiger partial charge in [-0.15, -0.1) is 0 Å². The van der Waals surface area contributed by atoms with E-state index in [1.807, 2.05) is 19.9 Å². The Kier molecular flexibility index (Phi) is 9.80. The number of benzene rings is 2. The van der Waals surface area contributed by atoms with Gasteiger partial charge in [0.05, 0.1) is 11.1 Å². The van der Waals surface area contributed by atoms with E-state index in [0.717, 1.165) is 10.0 Å². The number of carbonyl (C=O) groups excluding carboxylic acids is 3. The molecule has 0 aliphatic carbocycles. The largest absolute Gasteiger partial charge is 0.494 e. The van der Waals surface area contributed by atoms with Crippen LogP contribution in [0.15, 0.2) is 45.3 Å². The second-order valence-corrected chi connectivity index (χ2v) is 8.19. The van der Waals surface area contributed by atoms with Gasteiger partial charge in [0.25, 0.3) is 5.91 Å². The van der Waals surface area contributed by atoms with Crippen LogP contribution < -0.4 is 25.6 Å². The van der Waals surface area contributed by atoms with Crippen molar-refractivity contribution >= 4 is 55.3 Å². The molecule has 0 saturated heterocycles. The van der Waals surface area contributed by atoms with E-state index in [-0.39, 0.29) is 25.4 Å². The molecule has 2 aromatic carbocycles. The molecule has 3 amide bonds. The number of rotatable bonds is 9. The number of amides is 3. The molecule has 8 nitrogen and oxygen atoms in total. The molecule has 0 unspecified atom stereocenters. The summed E-state index contributed by atoms with van der Waals surface area (Å²) in [5.41, 5.74) is 5.97. The Balaban J connectivity index is 1.68. The van der Waals surface area contributed by atoms with Crippen molar-refractivity contribution in [2.45, 2.75) is 26.7 Å². The van der Waals surface area contributed by atoms with Crippen LogP contribution in [0.1, 0.15) is 25.3 Å². The van der Waals surface area contributed by atoms with Crippen LogP contribution >= 0.6 is 31.9 Å². The Labute approximate surface area is 197 Å². The average molecular weight is 557 g/mol. The number of nitrogens with one attached hydrogen (secondary N) is 3. The van der Waals surface area contributed by atoms with Crippen LogP contribution in [0, 0.1) is 6.92 Å². The van der Waals surface area contributed by atoms with Crippen LogP contribution in [0.3, 0.4) is 0 Å². The number of hydrogen-bond acceptors (Lipinski definition) is 5. The molecule has 2 aromatic rings. The molecule has 0 fully saturated rings. The summed E-state index contributed by atoms with van der Waals surface area (Å²) in [5, 5.41) is 2.69. The molecular weight excluding hydrogens is 534 g/mol. The number of hydrazine groups is 1. The van der Waals surface area contributed by atoms with Gasteiger partial charge in [-0.25, -0.2) is 0 Å². The molecule has 0 heterocycles. The van der Waals surface area contributed by atoms with Gasteiger partial charge >= 0.3 is 0 Å². The van der Waals surface area contributed by atoms with Gasteiger partial charge in [-0.2, -0.15) is 0 Å². The predicted octanol–water partition coefficient (Wildman–Crippen LogP) is 3.86. The second-order valence-electron chi connectivity index (χ2n) is 6.42. The smallest absolute Gasteiger partial charge is 0.276 e. The minimum Gasteiger partial charge on any atom is -0.494 e. The summed E-state index contributed by atoms with van der Waals surface area (Å²) in [6.45, 7) is 4.02. The van der Waals surface area contributed by atoms with Gasteiger partial charge in [0, 0.05) is 23.0 Å². The molecule has 31 heavy (non-hydrogen) atoms. The molecule has 0 spiro atoms.